The van der Waals surface area contributed by atoms with Gasteiger partial charge in [0, 0.05) is 11.8 Å². The molecule has 1 aromatic heterocycles. The first-order valence-corrected chi connectivity index (χ1v) is 9.37. The largest absolute Gasteiger partial charge is 0.370 e. The van der Waals surface area contributed by atoms with Crippen LogP contribution >= 0.6 is 0 Å². The molecule has 0 unspecified atom stereocenters. The zero-order valence-electron chi connectivity index (χ0n) is 12.9. The van der Waals surface area contributed by atoms with Gasteiger partial charge in [-0.1, -0.05) is 5.16 Å². The first-order chi connectivity index (χ1) is 11.0. The van der Waals surface area contributed by atoms with Gasteiger partial charge in [0.25, 0.3) is 5.89 Å². The summed E-state index contributed by atoms with van der Waals surface area (Å²) in [6.45, 7) is 2.25. The van der Waals surface area contributed by atoms with Gasteiger partial charge in [-0.25, -0.2) is 8.42 Å². The van der Waals surface area contributed by atoms with Crippen LogP contribution in [0.5, 0.6) is 0 Å². The van der Waals surface area contributed by atoms with E-state index in [1.165, 1.54) is 18.4 Å². The number of benzene rings is 1. The van der Waals surface area contributed by atoms with E-state index in [1.807, 2.05) is 0 Å². The second kappa shape index (κ2) is 6.77. The quantitative estimate of drug-likeness (QED) is 0.881. The average molecular weight is 337 g/mol. The first-order valence-electron chi connectivity index (χ1n) is 7.48. The van der Waals surface area contributed by atoms with Gasteiger partial charge in [-0.3, -0.25) is 0 Å². The molecule has 0 amide bonds. The number of hydrogen-bond acceptors (Lipinski definition) is 7. The number of sulfone groups is 1. The molecule has 0 aliphatic carbocycles. The van der Waals surface area contributed by atoms with E-state index >= 15 is 0 Å². The molecule has 1 aliphatic rings. The van der Waals surface area contributed by atoms with Crippen molar-refractivity contribution in [3.05, 3.63) is 30.1 Å². The Kier molecular flexibility index (Phi) is 4.74. The fourth-order valence-electron chi connectivity index (χ4n) is 2.43. The highest BCUT2D eigenvalue weighted by molar-refractivity contribution is 7.90. The molecule has 8 heteroatoms. The molecule has 2 heterocycles. The number of piperidine rings is 1. The number of nitrogens with zero attached hydrogens (tertiary/aromatic N) is 2. The van der Waals surface area contributed by atoms with Crippen LogP contribution in [0.2, 0.25) is 0 Å². The Morgan fingerprint density at radius 1 is 1.26 bits per heavy atom. The topological polar surface area (TPSA) is 94.3 Å². The summed E-state index contributed by atoms with van der Waals surface area (Å²) in [5.41, 5.74) is 0.679. The molecule has 2 aromatic rings. The average Bonchev–Trinajstić information content (AvgIpc) is 3.02. The van der Waals surface area contributed by atoms with Crippen molar-refractivity contribution in [1.82, 2.24) is 15.5 Å². The van der Waals surface area contributed by atoms with Crippen LogP contribution in [-0.4, -0.2) is 44.0 Å². The molecule has 0 radical (unpaired) electrons. The number of nitrogens with one attached hydrogen (secondary N) is 1. The Morgan fingerprint density at radius 3 is 2.61 bits per heavy atom. The van der Waals surface area contributed by atoms with Crippen molar-refractivity contribution in [2.24, 2.45) is 0 Å². The lowest BCUT2D eigenvalue weighted by atomic mass is 10.1. The molecule has 23 heavy (non-hydrogen) atoms. The Bertz CT molecular complexity index is 749. The number of rotatable bonds is 5. The molecular weight excluding hydrogens is 318 g/mol. The van der Waals surface area contributed by atoms with Crippen LogP contribution in [0.1, 0.15) is 18.7 Å². The zero-order chi connectivity index (χ0) is 16.3. The summed E-state index contributed by atoms with van der Waals surface area (Å²) in [5, 5.41) is 7.18. The van der Waals surface area contributed by atoms with Gasteiger partial charge in [-0.2, -0.15) is 4.98 Å². The van der Waals surface area contributed by atoms with Crippen molar-refractivity contribution in [3.63, 3.8) is 0 Å². The van der Waals surface area contributed by atoms with Crippen molar-refractivity contribution >= 4 is 9.84 Å². The van der Waals surface area contributed by atoms with Crippen molar-refractivity contribution in [1.29, 1.82) is 0 Å². The summed E-state index contributed by atoms with van der Waals surface area (Å²) in [6.07, 6.45) is 3.37. The van der Waals surface area contributed by atoms with Crippen LogP contribution in [0.3, 0.4) is 0 Å². The fraction of sp³-hybridized carbons (Fsp3) is 0.467. The molecule has 0 spiro atoms. The third kappa shape index (κ3) is 4.15. The van der Waals surface area contributed by atoms with Gasteiger partial charge in [0.1, 0.15) is 6.61 Å². The third-order valence-corrected chi connectivity index (χ3v) is 4.86. The first kappa shape index (κ1) is 16.1. The number of ether oxygens (including phenoxy) is 1. The number of aromatic nitrogens is 2. The minimum Gasteiger partial charge on any atom is -0.370 e. The monoisotopic (exact) mass is 337 g/mol. The highest BCUT2D eigenvalue weighted by Crippen LogP contribution is 2.20. The molecule has 0 bridgehead atoms. The second-order valence-corrected chi connectivity index (χ2v) is 7.59. The normalized spacial score (nSPS) is 16.6. The van der Waals surface area contributed by atoms with Gasteiger partial charge in [-0.05, 0) is 50.2 Å². The van der Waals surface area contributed by atoms with Crippen molar-refractivity contribution in [2.75, 3.05) is 19.3 Å². The maximum absolute atomic E-state index is 11.4. The highest BCUT2D eigenvalue weighted by atomic mass is 32.2. The lowest BCUT2D eigenvalue weighted by molar-refractivity contribution is 0.0170. The van der Waals surface area contributed by atoms with Crippen molar-refractivity contribution in [3.8, 4) is 11.5 Å². The summed E-state index contributed by atoms with van der Waals surface area (Å²) >= 11 is 0. The lowest BCUT2D eigenvalue weighted by Crippen LogP contribution is -2.32. The zero-order valence-corrected chi connectivity index (χ0v) is 13.7. The molecule has 1 aromatic carbocycles. The minimum absolute atomic E-state index is 0.229. The van der Waals surface area contributed by atoms with E-state index in [1.54, 1.807) is 12.1 Å². The van der Waals surface area contributed by atoms with E-state index in [0.29, 0.717) is 23.9 Å². The standard InChI is InChI=1S/C15H19N3O4S/c1-23(19,20)13-4-2-11(3-5-13)15-17-14(18-22-15)10-21-12-6-8-16-9-7-12/h2-5,12,16H,6-10H2,1H3. The molecule has 7 nitrogen and oxygen atoms in total. The molecule has 3 rings (SSSR count). The van der Waals surface area contributed by atoms with E-state index in [4.69, 9.17) is 9.26 Å². The van der Waals surface area contributed by atoms with Gasteiger partial charge in [-0.15, -0.1) is 0 Å². The van der Waals surface area contributed by atoms with Crippen LogP contribution in [0.25, 0.3) is 11.5 Å². The van der Waals surface area contributed by atoms with Gasteiger partial charge in [0.2, 0.25) is 0 Å². The summed E-state index contributed by atoms with van der Waals surface area (Å²) in [4.78, 5) is 4.55. The molecule has 1 N–H and O–H groups in total. The molecule has 0 atom stereocenters. The molecule has 124 valence electrons. The van der Waals surface area contributed by atoms with E-state index < -0.39 is 9.84 Å². The molecule has 1 saturated heterocycles. The second-order valence-electron chi connectivity index (χ2n) is 5.57. The predicted molar refractivity (Wildman–Crippen MR) is 83.5 cm³/mol. The van der Waals surface area contributed by atoms with E-state index in [9.17, 15) is 8.42 Å². The smallest absolute Gasteiger partial charge is 0.258 e. The van der Waals surface area contributed by atoms with E-state index in [0.717, 1.165) is 25.9 Å². The van der Waals surface area contributed by atoms with Gasteiger partial charge in [0.05, 0.1) is 11.0 Å². The van der Waals surface area contributed by atoms with Crippen LogP contribution in [-0.2, 0) is 21.2 Å². The van der Waals surface area contributed by atoms with Gasteiger partial charge < -0.3 is 14.6 Å². The Labute approximate surface area is 135 Å². The summed E-state index contributed by atoms with van der Waals surface area (Å²) < 4.78 is 33.9. The fourth-order valence-corrected chi connectivity index (χ4v) is 3.06. The summed E-state index contributed by atoms with van der Waals surface area (Å²) in [5.74, 6) is 0.847. The molecule has 1 fully saturated rings. The van der Waals surface area contributed by atoms with Gasteiger partial charge in [0.15, 0.2) is 15.7 Å². The Balaban J connectivity index is 1.64. The summed E-state index contributed by atoms with van der Waals surface area (Å²) in [6, 6.07) is 6.36. The van der Waals surface area contributed by atoms with Crippen LogP contribution < -0.4 is 5.32 Å². The molecular formula is C15H19N3O4S. The van der Waals surface area contributed by atoms with Crippen LogP contribution in [0, 0.1) is 0 Å². The SMILES string of the molecule is CS(=O)(=O)c1ccc(-c2nc(COC3CCNCC3)no2)cc1. The maximum atomic E-state index is 11.4. The van der Waals surface area contributed by atoms with Crippen molar-refractivity contribution < 1.29 is 17.7 Å². The van der Waals surface area contributed by atoms with Crippen LogP contribution in [0.4, 0.5) is 0 Å². The van der Waals surface area contributed by atoms with E-state index in [2.05, 4.69) is 15.5 Å². The van der Waals surface area contributed by atoms with Crippen LogP contribution in [0.15, 0.2) is 33.7 Å². The number of hydrogen-bond donors (Lipinski definition) is 1. The molecule has 0 saturated carbocycles. The Hall–Kier alpha value is -1.77. The van der Waals surface area contributed by atoms with Gasteiger partial charge >= 0.3 is 0 Å². The Morgan fingerprint density at radius 2 is 1.96 bits per heavy atom. The molecule has 1 aliphatic heterocycles. The predicted octanol–water partition coefficient (Wildman–Crippen LogP) is 1.41. The third-order valence-electron chi connectivity index (χ3n) is 3.73. The summed E-state index contributed by atoms with van der Waals surface area (Å²) in [7, 11) is -3.21. The van der Waals surface area contributed by atoms with Crippen molar-refractivity contribution in [2.45, 2.75) is 30.4 Å². The van der Waals surface area contributed by atoms with E-state index in [-0.39, 0.29) is 11.0 Å². The highest BCUT2D eigenvalue weighted by Gasteiger charge is 2.16. The maximum Gasteiger partial charge on any atom is 0.258 e. The minimum atomic E-state index is -3.21. The lowest BCUT2D eigenvalue weighted by Gasteiger charge is -2.22.